The smallest absolute Gasteiger partial charge is 0.260 e. The number of fused-ring (bicyclic) bond motifs is 3. The first-order chi connectivity index (χ1) is 12.5. The molecule has 0 fully saturated rings. The van der Waals surface area contributed by atoms with Crippen molar-refractivity contribution in [3.63, 3.8) is 0 Å². The number of aryl methyl sites for hydroxylation is 2. The summed E-state index contributed by atoms with van der Waals surface area (Å²) in [6.45, 7) is -0.195. The SMILES string of the molecule is Cn1c(=O)c(-c2ccc(F)cc2)c([CH]CO)c2c3ccccc3n(C)c21. The number of halogens is 1. The van der Waals surface area contributed by atoms with Crippen molar-refractivity contribution in [1.29, 1.82) is 0 Å². The molecule has 1 radical (unpaired) electrons. The van der Waals surface area contributed by atoms with E-state index in [1.807, 2.05) is 35.9 Å². The van der Waals surface area contributed by atoms with Crippen molar-refractivity contribution in [2.45, 2.75) is 0 Å². The van der Waals surface area contributed by atoms with Gasteiger partial charge in [0.15, 0.2) is 0 Å². The zero-order valence-corrected chi connectivity index (χ0v) is 14.5. The molecule has 0 aliphatic rings. The van der Waals surface area contributed by atoms with Crippen LogP contribution in [0.4, 0.5) is 4.39 Å². The number of aliphatic hydroxyl groups is 1. The van der Waals surface area contributed by atoms with E-state index in [-0.39, 0.29) is 18.0 Å². The summed E-state index contributed by atoms with van der Waals surface area (Å²) in [7, 11) is 3.66. The molecule has 2 aromatic carbocycles. The Kier molecular flexibility index (Phi) is 3.89. The second-order valence-corrected chi connectivity index (χ2v) is 6.32. The van der Waals surface area contributed by atoms with Gasteiger partial charge in [0.25, 0.3) is 5.56 Å². The van der Waals surface area contributed by atoms with Gasteiger partial charge in [0.05, 0.1) is 17.7 Å². The molecule has 2 heterocycles. The topological polar surface area (TPSA) is 47.2 Å². The minimum absolute atomic E-state index is 0.185. The molecule has 0 saturated carbocycles. The molecule has 131 valence electrons. The van der Waals surface area contributed by atoms with Gasteiger partial charge in [-0.15, -0.1) is 0 Å². The van der Waals surface area contributed by atoms with E-state index in [1.165, 1.54) is 12.1 Å². The zero-order valence-electron chi connectivity index (χ0n) is 14.5. The van der Waals surface area contributed by atoms with Crippen molar-refractivity contribution in [2.24, 2.45) is 14.1 Å². The minimum atomic E-state index is -0.357. The molecular formula is C21H18FN2O2. The molecule has 4 nitrogen and oxygen atoms in total. The van der Waals surface area contributed by atoms with Crippen LogP contribution in [0.15, 0.2) is 53.3 Å². The summed E-state index contributed by atoms with van der Waals surface area (Å²) in [5.41, 5.74) is 3.36. The first-order valence-corrected chi connectivity index (χ1v) is 8.34. The van der Waals surface area contributed by atoms with Gasteiger partial charge in [-0.3, -0.25) is 9.36 Å². The molecule has 0 atom stereocenters. The highest BCUT2D eigenvalue weighted by atomic mass is 19.1. The number of benzene rings is 2. The predicted molar refractivity (Wildman–Crippen MR) is 102 cm³/mol. The quantitative estimate of drug-likeness (QED) is 0.616. The number of hydrogen-bond acceptors (Lipinski definition) is 2. The highest BCUT2D eigenvalue weighted by Gasteiger charge is 2.21. The second kappa shape index (κ2) is 6.11. The standard InChI is InChI=1S/C21H18FN2O2/c1-23-17-6-4-3-5-15(17)19-16(11-12-25)18(21(26)24(2)20(19)23)13-7-9-14(22)10-8-13/h3-11,25H,12H2,1-2H3. The van der Waals surface area contributed by atoms with E-state index >= 15 is 0 Å². The lowest BCUT2D eigenvalue weighted by Crippen LogP contribution is -2.22. The number of para-hydroxylation sites is 1. The Bertz CT molecular complexity index is 1190. The average molecular weight is 349 g/mol. The van der Waals surface area contributed by atoms with E-state index in [0.29, 0.717) is 16.7 Å². The third-order valence-corrected chi connectivity index (χ3v) is 4.88. The molecule has 0 unspecified atom stereocenters. The summed E-state index contributed by atoms with van der Waals surface area (Å²) < 4.78 is 17.0. The second-order valence-electron chi connectivity index (χ2n) is 6.32. The number of aliphatic hydroxyl groups excluding tert-OH is 1. The highest BCUT2D eigenvalue weighted by molar-refractivity contribution is 6.10. The van der Waals surface area contributed by atoms with Crippen molar-refractivity contribution < 1.29 is 9.50 Å². The Morgan fingerprint density at radius 3 is 2.42 bits per heavy atom. The molecule has 0 spiro atoms. The van der Waals surface area contributed by atoms with Gasteiger partial charge < -0.3 is 9.67 Å². The summed E-state index contributed by atoms with van der Waals surface area (Å²) >= 11 is 0. The summed E-state index contributed by atoms with van der Waals surface area (Å²) in [4.78, 5) is 13.1. The normalized spacial score (nSPS) is 11.5. The Morgan fingerprint density at radius 2 is 1.73 bits per heavy atom. The van der Waals surface area contributed by atoms with Gasteiger partial charge >= 0.3 is 0 Å². The molecule has 0 bridgehead atoms. The molecule has 0 aliphatic heterocycles. The summed E-state index contributed by atoms with van der Waals surface area (Å²) in [5.74, 6) is -0.357. The summed E-state index contributed by atoms with van der Waals surface area (Å²) in [5, 5.41) is 11.5. The third kappa shape index (κ3) is 2.28. The zero-order chi connectivity index (χ0) is 18.4. The lowest BCUT2D eigenvalue weighted by molar-refractivity contribution is 0.331. The maximum atomic E-state index is 13.4. The van der Waals surface area contributed by atoms with E-state index < -0.39 is 0 Å². The van der Waals surface area contributed by atoms with E-state index in [9.17, 15) is 14.3 Å². The molecule has 2 aromatic heterocycles. The number of rotatable bonds is 3. The van der Waals surface area contributed by atoms with E-state index in [4.69, 9.17) is 0 Å². The van der Waals surface area contributed by atoms with Crippen molar-refractivity contribution in [2.75, 3.05) is 6.61 Å². The first kappa shape index (κ1) is 16.5. The maximum absolute atomic E-state index is 13.4. The first-order valence-electron chi connectivity index (χ1n) is 8.34. The maximum Gasteiger partial charge on any atom is 0.260 e. The third-order valence-electron chi connectivity index (χ3n) is 4.88. The van der Waals surface area contributed by atoms with Crippen LogP contribution >= 0.6 is 0 Å². The summed E-state index contributed by atoms with van der Waals surface area (Å²) in [6, 6.07) is 13.8. The molecule has 4 aromatic rings. The van der Waals surface area contributed by atoms with Crippen molar-refractivity contribution in [1.82, 2.24) is 9.13 Å². The van der Waals surface area contributed by atoms with Crippen molar-refractivity contribution in [3.05, 3.63) is 76.7 Å². The number of nitrogens with zero attached hydrogens (tertiary/aromatic N) is 2. The Labute approximate surface area is 149 Å². The lowest BCUT2D eigenvalue weighted by atomic mass is 9.95. The van der Waals surface area contributed by atoms with E-state index in [1.54, 1.807) is 30.2 Å². The lowest BCUT2D eigenvalue weighted by Gasteiger charge is -2.14. The monoisotopic (exact) mass is 349 g/mol. The Balaban J connectivity index is 2.24. The van der Waals surface area contributed by atoms with Crippen LogP contribution in [0.5, 0.6) is 0 Å². The molecule has 0 saturated heterocycles. The Hall–Kier alpha value is -2.92. The van der Waals surface area contributed by atoms with Crippen molar-refractivity contribution >= 4 is 21.9 Å². The highest BCUT2D eigenvalue weighted by Crippen LogP contribution is 2.35. The number of hydrogen-bond donors (Lipinski definition) is 1. The molecular weight excluding hydrogens is 331 g/mol. The molecule has 26 heavy (non-hydrogen) atoms. The van der Waals surface area contributed by atoms with Gasteiger partial charge in [0.2, 0.25) is 0 Å². The predicted octanol–water partition coefficient (Wildman–Crippen LogP) is 3.38. The van der Waals surface area contributed by atoms with E-state index in [2.05, 4.69) is 0 Å². The van der Waals surface area contributed by atoms with Gasteiger partial charge in [-0.2, -0.15) is 0 Å². The van der Waals surface area contributed by atoms with Crippen LogP contribution in [0.2, 0.25) is 0 Å². The van der Waals surface area contributed by atoms with Gasteiger partial charge in [-0.25, -0.2) is 4.39 Å². The fraction of sp³-hybridized carbons (Fsp3) is 0.143. The van der Waals surface area contributed by atoms with Crippen LogP contribution in [0, 0.1) is 12.2 Å². The van der Waals surface area contributed by atoms with Crippen LogP contribution in [-0.4, -0.2) is 20.8 Å². The summed E-state index contributed by atoms with van der Waals surface area (Å²) in [6.07, 6.45) is 1.65. The molecule has 4 rings (SSSR count). The van der Waals surface area contributed by atoms with Gasteiger partial charge in [0, 0.05) is 31.3 Å². The van der Waals surface area contributed by atoms with Crippen LogP contribution in [-0.2, 0) is 14.1 Å². The van der Waals surface area contributed by atoms with Crippen LogP contribution in [0.1, 0.15) is 5.56 Å². The van der Waals surface area contributed by atoms with Crippen LogP contribution in [0.25, 0.3) is 33.1 Å². The van der Waals surface area contributed by atoms with Gasteiger partial charge in [0.1, 0.15) is 11.5 Å². The molecule has 5 heteroatoms. The van der Waals surface area contributed by atoms with Crippen molar-refractivity contribution in [3.8, 4) is 11.1 Å². The molecule has 0 amide bonds. The fourth-order valence-electron chi connectivity index (χ4n) is 3.73. The largest absolute Gasteiger partial charge is 0.396 e. The van der Waals surface area contributed by atoms with E-state index in [0.717, 1.165) is 21.9 Å². The van der Waals surface area contributed by atoms with Crippen LogP contribution < -0.4 is 5.56 Å². The number of pyridine rings is 1. The van der Waals surface area contributed by atoms with Crippen LogP contribution in [0.3, 0.4) is 0 Å². The fourth-order valence-corrected chi connectivity index (χ4v) is 3.73. The Morgan fingerprint density at radius 1 is 1.04 bits per heavy atom. The molecule has 0 aliphatic carbocycles. The molecule has 1 N–H and O–H groups in total. The number of aromatic nitrogens is 2. The minimum Gasteiger partial charge on any atom is -0.396 e. The van der Waals surface area contributed by atoms with Gasteiger partial charge in [-0.1, -0.05) is 30.3 Å². The van der Waals surface area contributed by atoms with Gasteiger partial charge in [-0.05, 0) is 29.3 Å². The average Bonchev–Trinajstić information content (AvgIpc) is 2.94.